The predicted octanol–water partition coefficient (Wildman–Crippen LogP) is -5.61. The highest BCUT2D eigenvalue weighted by atomic mass is 16.5. The van der Waals surface area contributed by atoms with E-state index in [1.165, 1.54) is 6.92 Å². The molecule has 0 aromatic carbocycles. The Morgan fingerprint density at radius 1 is 0.490 bits per heavy atom. The summed E-state index contributed by atoms with van der Waals surface area (Å²) in [5.41, 5.74) is 14.3. The summed E-state index contributed by atoms with van der Waals surface area (Å²) in [5, 5.41) is 42.4. The number of ether oxygens (including phenoxy) is 3. The average molecular weight is 703 g/mol. The van der Waals surface area contributed by atoms with Crippen LogP contribution in [0, 0.1) is 16.2 Å². The summed E-state index contributed by atoms with van der Waals surface area (Å²) in [5.74, 6) is -2.40. The van der Waals surface area contributed by atoms with Crippen molar-refractivity contribution in [2.24, 2.45) is 17.2 Å². The standard InChI is InChI=1S/C27H54N14O8/c1-19(42)34-6-2-23(46)41-27(16-47-13-3-20(43)35-7-10-38-24(28)29,17-48-14-4-21(44)36-8-11-39-25(30)31)18-49-15-5-22(45)37-9-12-40-26(32)33/h2-18H2,1H3,(H,34,42)(H,35,43)(H,36,44)(H,37,45)(H,41,46)(H4,28,29,38)(H4,30,31,39)(H4,32,33,40). The van der Waals surface area contributed by atoms with Crippen LogP contribution in [0.2, 0.25) is 0 Å². The van der Waals surface area contributed by atoms with Gasteiger partial charge in [0.25, 0.3) is 0 Å². The number of amides is 5. The minimum atomic E-state index is -1.32. The maximum absolute atomic E-state index is 12.9. The van der Waals surface area contributed by atoms with Gasteiger partial charge in [-0.2, -0.15) is 0 Å². The molecule has 0 saturated heterocycles. The van der Waals surface area contributed by atoms with Crippen LogP contribution >= 0.6 is 0 Å². The molecule has 0 aliphatic rings. The number of rotatable bonds is 28. The van der Waals surface area contributed by atoms with Crippen LogP contribution in [0.4, 0.5) is 0 Å². The third-order valence-electron chi connectivity index (χ3n) is 5.97. The molecule has 17 N–H and O–H groups in total. The van der Waals surface area contributed by atoms with Crippen molar-refractivity contribution in [1.82, 2.24) is 42.5 Å². The minimum absolute atomic E-state index is 0.0222. The van der Waals surface area contributed by atoms with Crippen LogP contribution in [0.15, 0.2) is 0 Å². The van der Waals surface area contributed by atoms with Crippen LogP contribution < -0.4 is 59.7 Å². The fraction of sp³-hybridized carbons (Fsp3) is 0.704. The first-order valence-electron chi connectivity index (χ1n) is 15.6. The molecule has 0 aliphatic carbocycles. The zero-order chi connectivity index (χ0) is 36.9. The molecule has 0 bridgehead atoms. The van der Waals surface area contributed by atoms with E-state index in [-0.39, 0.29) is 153 Å². The van der Waals surface area contributed by atoms with Gasteiger partial charge in [0.1, 0.15) is 5.54 Å². The summed E-state index contributed by atoms with van der Waals surface area (Å²) in [6.45, 7) is 2.24. The third kappa shape index (κ3) is 27.8. The molecule has 0 rings (SSSR count). The highest BCUT2D eigenvalue weighted by Crippen LogP contribution is 2.11. The van der Waals surface area contributed by atoms with Gasteiger partial charge < -0.3 is 73.9 Å². The van der Waals surface area contributed by atoms with E-state index < -0.39 is 11.4 Å². The summed E-state index contributed by atoms with van der Waals surface area (Å²) in [4.78, 5) is 60.8. The fourth-order valence-electron chi connectivity index (χ4n) is 3.70. The van der Waals surface area contributed by atoms with E-state index in [0.717, 1.165) is 0 Å². The number of carbonyl (C=O) groups is 5. The van der Waals surface area contributed by atoms with Gasteiger partial charge in [0.05, 0.1) is 39.6 Å². The Morgan fingerprint density at radius 3 is 1.12 bits per heavy atom. The molecule has 0 spiro atoms. The Balaban J connectivity index is 5.40. The molecule has 0 aromatic rings. The molecule has 280 valence electrons. The Morgan fingerprint density at radius 2 is 0.816 bits per heavy atom. The van der Waals surface area contributed by atoms with Crippen molar-refractivity contribution in [3.05, 3.63) is 0 Å². The van der Waals surface area contributed by atoms with Crippen molar-refractivity contribution in [2.75, 3.05) is 85.5 Å². The Bertz CT molecular complexity index is 975. The van der Waals surface area contributed by atoms with Crippen molar-refractivity contribution < 1.29 is 38.2 Å². The number of hydrogen-bond donors (Lipinski definition) is 14. The topological polar surface area (TPSA) is 359 Å². The first-order valence-corrected chi connectivity index (χ1v) is 15.6. The monoisotopic (exact) mass is 702 g/mol. The molecule has 5 amide bonds. The van der Waals surface area contributed by atoms with Gasteiger partial charge in [-0.05, 0) is 0 Å². The van der Waals surface area contributed by atoms with Gasteiger partial charge in [-0.1, -0.05) is 0 Å². The SMILES string of the molecule is CC(=O)NCCC(=O)NC(COCCC(=O)NCCNC(=N)N)(COCCC(=O)NCCNC(=N)N)COCCC(=O)NCCNC(=N)N. The van der Waals surface area contributed by atoms with Crippen LogP contribution in [0.3, 0.4) is 0 Å². The van der Waals surface area contributed by atoms with Gasteiger partial charge in [-0.15, -0.1) is 0 Å². The number of nitrogens with one attached hydrogen (secondary N) is 11. The van der Waals surface area contributed by atoms with Crippen molar-refractivity contribution in [1.29, 1.82) is 16.2 Å². The largest absolute Gasteiger partial charge is 0.378 e. The smallest absolute Gasteiger partial charge is 0.222 e. The van der Waals surface area contributed by atoms with E-state index >= 15 is 0 Å². The molecule has 49 heavy (non-hydrogen) atoms. The first kappa shape index (κ1) is 44.0. The van der Waals surface area contributed by atoms with E-state index in [9.17, 15) is 24.0 Å². The van der Waals surface area contributed by atoms with E-state index in [4.69, 9.17) is 47.6 Å². The molecule has 0 saturated carbocycles. The van der Waals surface area contributed by atoms with Crippen molar-refractivity contribution >= 4 is 47.4 Å². The highest BCUT2D eigenvalue weighted by Gasteiger charge is 2.34. The predicted molar refractivity (Wildman–Crippen MR) is 179 cm³/mol. The molecule has 0 fully saturated rings. The molecule has 0 aromatic heterocycles. The van der Waals surface area contributed by atoms with Gasteiger partial charge in [-0.3, -0.25) is 40.2 Å². The Kier molecular flexibility index (Phi) is 24.3. The lowest BCUT2D eigenvalue weighted by molar-refractivity contribution is -0.130. The molecule has 0 aliphatic heterocycles. The van der Waals surface area contributed by atoms with Crippen molar-refractivity contribution in [3.63, 3.8) is 0 Å². The maximum atomic E-state index is 12.9. The summed E-state index contributed by atoms with van der Waals surface area (Å²) >= 11 is 0. The Labute approximate surface area is 285 Å². The normalized spacial score (nSPS) is 11.6. The Hall–Kier alpha value is -4.96. The van der Waals surface area contributed by atoms with E-state index in [1.807, 2.05) is 0 Å². The van der Waals surface area contributed by atoms with E-state index in [0.29, 0.717) is 0 Å². The molecular formula is C27H54N14O8. The van der Waals surface area contributed by atoms with Crippen LogP contribution in [0.5, 0.6) is 0 Å². The average Bonchev–Trinajstić information content (AvgIpc) is 3.01. The lowest BCUT2D eigenvalue weighted by atomic mass is 10.0. The quantitative estimate of drug-likeness (QED) is 0.0205. The van der Waals surface area contributed by atoms with Crippen LogP contribution in [-0.4, -0.2) is 138 Å². The van der Waals surface area contributed by atoms with Crippen molar-refractivity contribution in [3.8, 4) is 0 Å². The van der Waals surface area contributed by atoms with Gasteiger partial charge in [-0.25, -0.2) is 0 Å². The lowest BCUT2D eigenvalue weighted by Gasteiger charge is -2.34. The molecular weight excluding hydrogens is 648 g/mol. The zero-order valence-corrected chi connectivity index (χ0v) is 28.0. The number of carbonyl (C=O) groups excluding carboxylic acids is 5. The second-order valence-corrected chi connectivity index (χ2v) is 10.5. The molecule has 22 nitrogen and oxygen atoms in total. The van der Waals surface area contributed by atoms with Gasteiger partial charge >= 0.3 is 0 Å². The fourth-order valence-corrected chi connectivity index (χ4v) is 3.70. The lowest BCUT2D eigenvalue weighted by Crippen LogP contribution is -2.59. The molecule has 0 radical (unpaired) electrons. The molecule has 0 atom stereocenters. The van der Waals surface area contributed by atoms with E-state index in [1.54, 1.807) is 0 Å². The summed E-state index contributed by atoms with van der Waals surface area (Å²) in [6, 6.07) is 0. The van der Waals surface area contributed by atoms with Gasteiger partial charge in [0.2, 0.25) is 29.5 Å². The number of hydrogen-bond acceptors (Lipinski definition) is 11. The number of guanidine groups is 3. The molecule has 22 heteroatoms. The highest BCUT2D eigenvalue weighted by molar-refractivity contribution is 5.79. The summed E-state index contributed by atoms with van der Waals surface area (Å²) in [7, 11) is 0. The number of nitrogens with two attached hydrogens (primary N) is 3. The van der Waals surface area contributed by atoms with Gasteiger partial charge in [0, 0.05) is 78.4 Å². The summed E-state index contributed by atoms with van der Waals surface area (Å²) in [6.07, 6.45) is -0.144. The van der Waals surface area contributed by atoms with Crippen LogP contribution in [0.1, 0.15) is 32.6 Å². The van der Waals surface area contributed by atoms with Gasteiger partial charge in [0.15, 0.2) is 17.9 Å². The molecule has 0 heterocycles. The first-order chi connectivity index (χ1) is 23.2. The maximum Gasteiger partial charge on any atom is 0.222 e. The summed E-state index contributed by atoms with van der Waals surface area (Å²) < 4.78 is 17.3. The third-order valence-corrected chi connectivity index (χ3v) is 5.97. The van der Waals surface area contributed by atoms with Crippen LogP contribution in [-0.2, 0) is 38.2 Å². The van der Waals surface area contributed by atoms with E-state index in [2.05, 4.69) is 42.5 Å². The van der Waals surface area contributed by atoms with Crippen molar-refractivity contribution in [2.45, 2.75) is 38.1 Å². The second kappa shape index (κ2) is 27.0. The molecule has 0 unspecified atom stereocenters. The zero-order valence-electron chi connectivity index (χ0n) is 28.0. The van der Waals surface area contributed by atoms with Crippen LogP contribution in [0.25, 0.3) is 0 Å². The second-order valence-electron chi connectivity index (χ2n) is 10.5. The minimum Gasteiger partial charge on any atom is -0.378 e.